The molecule has 0 N–H and O–H groups in total. The molecule has 0 aromatic carbocycles. The second-order valence-electron chi connectivity index (χ2n) is 14.8. The van der Waals surface area contributed by atoms with E-state index < -0.39 is 36.7 Å². The molecular formula is C55H121F9O10. The molecule has 0 amide bonds. The van der Waals surface area contributed by atoms with Crippen LogP contribution in [-0.4, -0.2) is 150 Å². The van der Waals surface area contributed by atoms with Gasteiger partial charge in [0.25, 0.3) is 0 Å². The van der Waals surface area contributed by atoms with Crippen molar-refractivity contribution in [2.75, 3.05) is 119 Å². The van der Waals surface area contributed by atoms with Gasteiger partial charge in [0.15, 0.2) is 12.2 Å². The Morgan fingerprint density at radius 1 is 0.257 bits per heavy atom. The van der Waals surface area contributed by atoms with Gasteiger partial charge >= 0.3 is 18.5 Å². The fourth-order valence-corrected chi connectivity index (χ4v) is 4.12. The van der Waals surface area contributed by atoms with Crippen molar-refractivity contribution < 1.29 is 86.9 Å². The Bertz CT molecular complexity index is 735. The van der Waals surface area contributed by atoms with Crippen LogP contribution in [0.1, 0.15) is 209 Å². The van der Waals surface area contributed by atoms with Gasteiger partial charge in [0.05, 0.1) is 12.5 Å². The van der Waals surface area contributed by atoms with Crippen molar-refractivity contribution in [2.24, 2.45) is 5.92 Å². The third-order valence-electron chi connectivity index (χ3n) is 7.85. The highest BCUT2D eigenvalue weighted by molar-refractivity contribution is 4.66. The molecule has 3 unspecified atom stereocenters. The Kier molecular flexibility index (Phi) is 111. The quantitative estimate of drug-likeness (QED) is 0.0479. The zero-order chi connectivity index (χ0) is 59.8. The van der Waals surface area contributed by atoms with E-state index in [1.54, 1.807) is 20.8 Å². The number of unbranched alkanes of at least 4 members (excludes halogenated alkanes) is 1. The van der Waals surface area contributed by atoms with Crippen molar-refractivity contribution in [1.82, 2.24) is 0 Å². The zero-order valence-electron chi connectivity index (χ0n) is 51.2. The second-order valence-corrected chi connectivity index (χ2v) is 14.8. The first-order chi connectivity index (χ1) is 35.0. The average Bonchev–Trinajstić information content (AvgIpc) is 3.36. The average molecular weight is 1110 g/mol. The number of hydrogen-bond acceptors (Lipinski definition) is 10. The number of ether oxygens (including phenoxy) is 10. The van der Waals surface area contributed by atoms with Crippen LogP contribution in [0.3, 0.4) is 0 Å². The largest absolute Gasteiger partial charge is 0.414 e. The Morgan fingerprint density at radius 2 is 0.486 bits per heavy atom. The van der Waals surface area contributed by atoms with Crippen LogP contribution < -0.4 is 0 Å². The molecule has 0 saturated heterocycles. The van der Waals surface area contributed by atoms with E-state index in [0.717, 1.165) is 131 Å². The molecule has 0 aliphatic carbocycles. The Labute approximate surface area is 450 Å². The molecule has 0 aliphatic heterocycles. The van der Waals surface area contributed by atoms with Crippen molar-refractivity contribution in [2.45, 2.75) is 240 Å². The molecule has 0 aliphatic rings. The smallest absolute Gasteiger partial charge is 0.382 e. The normalized spacial score (nSPS) is 11.6. The maximum Gasteiger partial charge on any atom is 0.414 e. The Balaban J connectivity index is -0.0000000777. The third kappa shape index (κ3) is 115. The molecule has 3 atom stereocenters. The monoisotopic (exact) mass is 1110 g/mol. The predicted octanol–water partition coefficient (Wildman–Crippen LogP) is 17.8. The van der Waals surface area contributed by atoms with E-state index >= 15 is 0 Å². The first-order valence-corrected chi connectivity index (χ1v) is 28.0. The summed E-state index contributed by atoms with van der Waals surface area (Å²) in [5.74, 6) is -1.30. The topological polar surface area (TPSA) is 92.3 Å². The lowest BCUT2D eigenvalue weighted by Crippen LogP contribution is -2.30. The van der Waals surface area contributed by atoms with Crippen molar-refractivity contribution in [3.63, 3.8) is 0 Å². The summed E-state index contributed by atoms with van der Waals surface area (Å²) in [5, 5.41) is 0. The predicted molar refractivity (Wildman–Crippen MR) is 292 cm³/mol. The van der Waals surface area contributed by atoms with Crippen LogP contribution >= 0.6 is 0 Å². The van der Waals surface area contributed by atoms with Gasteiger partial charge in [-0.25, -0.2) is 0 Å². The summed E-state index contributed by atoms with van der Waals surface area (Å²) in [5.41, 5.74) is 0. The van der Waals surface area contributed by atoms with E-state index in [-0.39, 0.29) is 39.1 Å². The molecule has 0 heterocycles. The van der Waals surface area contributed by atoms with Crippen LogP contribution in [0.2, 0.25) is 0 Å². The van der Waals surface area contributed by atoms with Gasteiger partial charge in [-0.05, 0) is 133 Å². The molecule has 0 rings (SSSR count). The summed E-state index contributed by atoms with van der Waals surface area (Å²) in [4.78, 5) is 0. The first-order valence-electron chi connectivity index (χ1n) is 28.0. The van der Waals surface area contributed by atoms with Gasteiger partial charge in [0, 0.05) is 112 Å². The van der Waals surface area contributed by atoms with Gasteiger partial charge in [-0.2, -0.15) is 39.5 Å². The first kappa shape index (κ1) is 95.3. The maximum atomic E-state index is 12.0. The minimum Gasteiger partial charge on any atom is -0.382 e. The summed E-state index contributed by atoms with van der Waals surface area (Å²) >= 11 is 0. The van der Waals surface area contributed by atoms with Gasteiger partial charge in [-0.1, -0.05) is 75.7 Å². The number of hydrogen-bond donors (Lipinski definition) is 0. The molecule has 0 radical (unpaired) electrons. The van der Waals surface area contributed by atoms with Crippen LogP contribution in [0.15, 0.2) is 0 Å². The number of alkyl halides is 9. The van der Waals surface area contributed by atoms with Crippen molar-refractivity contribution in [3.05, 3.63) is 0 Å². The van der Waals surface area contributed by atoms with E-state index in [4.69, 9.17) is 37.9 Å². The van der Waals surface area contributed by atoms with Crippen LogP contribution in [0, 0.1) is 5.92 Å². The molecular weight excluding hydrogens is 992 g/mol. The van der Waals surface area contributed by atoms with Gasteiger partial charge in [-0.3, -0.25) is 0 Å². The molecule has 10 nitrogen and oxygen atoms in total. The molecule has 464 valence electrons. The highest BCUT2D eigenvalue weighted by Crippen LogP contribution is 2.29. The SMILES string of the molecule is CCCCOCC.CCCOCC.CCCOCC.CCCOCC.CCCOCC.CCCOCC.CCCOCC.CCOC(CC)C(F)(F)F.CCOC(CC)C(F)(F)F.CCOCC(CC)C(F)(F)F. The number of rotatable bonds is 32. The third-order valence-corrected chi connectivity index (χ3v) is 7.85. The summed E-state index contributed by atoms with van der Waals surface area (Å²) < 4.78 is 155. The Hall–Kier alpha value is -1.03. The van der Waals surface area contributed by atoms with E-state index in [1.165, 1.54) is 33.6 Å². The minimum absolute atomic E-state index is 0.0165. The molecule has 74 heavy (non-hydrogen) atoms. The lowest BCUT2D eigenvalue weighted by molar-refractivity contribution is -0.219. The maximum absolute atomic E-state index is 12.0. The van der Waals surface area contributed by atoms with Crippen LogP contribution in [0.4, 0.5) is 39.5 Å². The van der Waals surface area contributed by atoms with E-state index in [9.17, 15) is 39.5 Å². The van der Waals surface area contributed by atoms with Crippen molar-refractivity contribution in [3.8, 4) is 0 Å². The molecule has 19 heteroatoms. The second kappa shape index (κ2) is 85.9. The molecule has 0 saturated carbocycles. The fraction of sp³-hybridized carbons (Fsp3) is 1.00. The Morgan fingerprint density at radius 3 is 0.595 bits per heavy atom. The highest BCUT2D eigenvalue weighted by Gasteiger charge is 2.40. The van der Waals surface area contributed by atoms with E-state index in [2.05, 4.69) is 57.9 Å². The van der Waals surface area contributed by atoms with Crippen LogP contribution in [0.25, 0.3) is 0 Å². The van der Waals surface area contributed by atoms with E-state index in [1.807, 2.05) is 48.5 Å². The standard InChI is InChI=1S/C7H13F3O.2C6H11F3O.C6H14O.6C5H12O/c1-3-6(5-11-4-2)7(8,9)10;2*1-3-5(10-4-2)6(7,8)9;1-3-5-6-7-4-2;6*1-3-5-6-4-2/h6H,3-5H2,1-2H3;2*5H,3-4H2,1-2H3;3-6H2,1-2H3;6*3-5H2,1-2H3. The number of halogens is 9. The molecule has 0 aromatic rings. The summed E-state index contributed by atoms with van der Waals surface area (Å²) in [7, 11) is 0. The van der Waals surface area contributed by atoms with Crippen LogP contribution in [-0.2, 0) is 47.4 Å². The summed E-state index contributed by atoms with van der Waals surface area (Å²) in [6.07, 6.45) is -6.40. The highest BCUT2D eigenvalue weighted by atomic mass is 19.4. The van der Waals surface area contributed by atoms with Crippen molar-refractivity contribution >= 4 is 0 Å². The molecule has 0 aromatic heterocycles. The van der Waals surface area contributed by atoms with Gasteiger partial charge in [-0.15, -0.1) is 0 Å². The lowest BCUT2D eigenvalue weighted by atomic mass is 10.1. The van der Waals surface area contributed by atoms with E-state index in [0.29, 0.717) is 6.61 Å². The fourth-order valence-electron chi connectivity index (χ4n) is 4.12. The molecule has 0 bridgehead atoms. The van der Waals surface area contributed by atoms with Gasteiger partial charge in [0.2, 0.25) is 0 Å². The zero-order valence-corrected chi connectivity index (χ0v) is 51.2. The minimum atomic E-state index is -4.20. The van der Waals surface area contributed by atoms with Gasteiger partial charge < -0.3 is 47.4 Å². The van der Waals surface area contributed by atoms with Crippen LogP contribution in [0.5, 0.6) is 0 Å². The lowest BCUT2D eigenvalue weighted by Gasteiger charge is -2.17. The molecule has 0 spiro atoms. The van der Waals surface area contributed by atoms with Gasteiger partial charge in [0.1, 0.15) is 0 Å². The summed E-state index contributed by atoms with van der Waals surface area (Å²) in [6, 6.07) is 0. The van der Waals surface area contributed by atoms with Crippen molar-refractivity contribution in [1.29, 1.82) is 0 Å². The summed E-state index contributed by atoms with van der Waals surface area (Å²) in [6.45, 7) is 50.8. The molecule has 0 fully saturated rings.